The van der Waals surface area contributed by atoms with Gasteiger partial charge in [-0.3, -0.25) is 4.79 Å². The van der Waals surface area contributed by atoms with E-state index >= 15 is 0 Å². The van der Waals surface area contributed by atoms with Crippen molar-refractivity contribution in [1.29, 1.82) is 0 Å². The molecule has 1 rings (SSSR count). The number of allylic oxidation sites excluding steroid dienone is 5. The lowest BCUT2D eigenvalue weighted by Gasteiger charge is -2.12. The fourth-order valence-electron chi connectivity index (χ4n) is 2.46. The molecule has 0 aliphatic carbocycles. The summed E-state index contributed by atoms with van der Waals surface area (Å²) < 4.78 is 4.53. The average Bonchev–Trinajstić information content (AvgIpc) is 2.88. The van der Waals surface area contributed by atoms with Crippen molar-refractivity contribution >= 4 is 12.3 Å². The Morgan fingerprint density at radius 2 is 1.88 bits per heavy atom. The van der Waals surface area contributed by atoms with E-state index in [1.165, 1.54) is 11.1 Å². The van der Waals surface area contributed by atoms with E-state index in [-0.39, 0.29) is 12.0 Å². The minimum atomic E-state index is -1.40. The fraction of sp³-hybridized carbons (Fsp3) is 0.500. The second-order valence-corrected chi connectivity index (χ2v) is 6.49. The molecule has 0 amide bonds. The second kappa shape index (κ2) is 10.8. The molecule has 0 saturated carbocycles. The molecule has 0 aromatic heterocycles. The zero-order valence-electron chi connectivity index (χ0n) is 15.2. The molecular formula is C20H28O5. The molecular weight excluding hydrogens is 320 g/mol. The smallest absolute Gasteiger partial charge is 0.333 e. The lowest BCUT2D eigenvalue weighted by Crippen LogP contribution is -2.20. The molecule has 1 heterocycles. The largest absolute Gasteiger partial charge is 0.429 e. The monoisotopic (exact) mass is 348 g/mol. The summed E-state index contributed by atoms with van der Waals surface area (Å²) in [5.74, 6) is -0.671. The van der Waals surface area contributed by atoms with Gasteiger partial charge in [-0.25, -0.2) is 4.79 Å². The number of hydrogen-bond donors (Lipinski definition) is 2. The molecule has 25 heavy (non-hydrogen) atoms. The third-order valence-electron chi connectivity index (χ3n) is 3.95. The van der Waals surface area contributed by atoms with Crippen molar-refractivity contribution in [2.24, 2.45) is 0 Å². The molecule has 5 nitrogen and oxygen atoms in total. The summed E-state index contributed by atoms with van der Waals surface area (Å²) in [6.07, 6.45) is 8.91. The highest BCUT2D eigenvalue weighted by Crippen LogP contribution is 2.20. The number of hydrogen-bond acceptors (Lipinski definition) is 5. The van der Waals surface area contributed by atoms with Crippen LogP contribution >= 0.6 is 0 Å². The Labute approximate surface area is 149 Å². The first kappa shape index (κ1) is 21.1. The van der Waals surface area contributed by atoms with E-state index in [0.717, 1.165) is 31.6 Å². The molecule has 2 unspecified atom stereocenters. The number of esters is 1. The molecule has 0 bridgehead atoms. The number of aliphatic hydroxyl groups excluding tert-OH is 2. The number of cyclic esters (lactones) is 1. The number of carbonyl (C=O) groups excluding carboxylic acids is 2. The van der Waals surface area contributed by atoms with Gasteiger partial charge in [0.15, 0.2) is 0 Å². The van der Waals surface area contributed by atoms with Crippen LogP contribution in [0.1, 0.15) is 52.9 Å². The van der Waals surface area contributed by atoms with Crippen molar-refractivity contribution in [3.8, 4) is 0 Å². The molecule has 138 valence electrons. The molecule has 2 N–H and O–H groups in total. The van der Waals surface area contributed by atoms with Crippen molar-refractivity contribution in [2.45, 2.75) is 65.3 Å². The summed E-state index contributed by atoms with van der Waals surface area (Å²) in [7, 11) is 0. The normalized spacial score (nSPS) is 19.3. The predicted octanol–water partition coefficient (Wildman–Crippen LogP) is 3.14. The van der Waals surface area contributed by atoms with Crippen LogP contribution in [0.2, 0.25) is 0 Å². The standard InChI is InChI=1S/C20H28O5/c1-14(2)6-4-7-15(3)8-5-9-16(13-21)10-11-18(22)17-12-19(23)25-20(17)24/h6,8,10,12-13,18,20,22,24H,4-5,7,9,11H2,1-3H3/b15-8+,16-10-. The molecule has 0 spiro atoms. The summed E-state index contributed by atoms with van der Waals surface area (Å²) in [6.45, 7) is 6.24. The van der Waals surface area contributed by atoms with E-state index in [1.54, 1.807) is 6.08 Å². The maximum absolute atomic E-state index is 11.2. The topological polar surface area (TPSA) is 83.8 Å². The number of aldehydes is 1. The fourth-order valence-corrected chi connectivity index (χ4v) is 2.46. The van der Waals surface area contributed by atoms with Crippen molar-refractivity contribution < 1.29 is 24.5 Å². The van der Waals surface area contributed by atoms with E-state index in [9.17, 15) is 19.8 Å². The van der Waals surface area contributed by atoms with Gasteiger partial charge in [-0.2, -0.15) is 0 Å². The van der Waals surface area contributed by atoms with Crippen molar-refractivity contribution in [3.05, 3.63) is 46.6 Å². The maximum atomic E-state index is 11.2. The average molecular weight is 348 g/mol. The first-order valence-electron chi connectivity index (χ1n) is 8.55. The lowest BCUT2D eigenvalue weighted by atomic mass is 10.0. The summed E-state index contributed by atoms with van der Waals surface area (Å²) >= 11 is 0. The van der Waals surface area contributed by atoms with Gasteiger partial charge < -0.3 is 14.9 Å². The SMILES string of the molecule is CC(C)=CCC/C(C)=C/CC/C(C=O)=C/CC(O)C1=CC(=O)OC1O. The Hall–Kier alpha value is -1.98. The molecule has 1 aliphatic rings. The van der Waals surface area contributed by atoms with Crippen LogP contribution in [0.25, 0.3) is 0 Å². The minimum absolute atomic E-state index is 0.126. The third-order valence-corrected chi connectivity index (χ3v) is 3.95. The third kappa shape index (κ3) is 8.09. The van der Waals surface area contributed by atoms with Gasteiger partial charge in [0.25, 0.3) is 0 Å². The van der Waals surface area contributed by atoms with Crippen LogP contribution in [-0.4, -0.2) is 34.9 Å². The van der Waals surface area contributed by atoms with Crippen LogP contribution in [0.4, 0.5) is 0 Å². The summed E-state index contributed by atoms with van der Waals surface area (Å²) in [5.41, 5.74) is 3.32. The highest BCUT2D eigenvalue weighted by atomic mass is 16.6. The molecule has 0 aromatic carbocycles. The van der Waals surface area contributed by atoms with Crippen LogP contribution < -0.4 is 0 Å². The predicted molar refractivity (Wildman–Crippen MR) is 96.6 cm³/mol. The van der Waals surface area contributed by atoms with E-state index in [0.29, 0.717) is 12.0 Å². The van der Waals surface area contributed by atoms with E-state index in [1.807, 2.05) is 0 Å². The summed E-state index contributed by atoms with van der Waals surface area (Å²) in [4.78, 5) is 22.2. The van der Waals surface area contributed by atoms with Gasteiger partial charge >= 0.3 is 5.97 Å². The Bertz CT molecular complexity index is 591. The minimum Gasteiger partial charge on any atom is -0.429 e. The van der Waals surface area contributed by atoms with Gasteiger partial charge in [0.1, 0.15) is 6.29 Å². The van der Waals surface area contributed by atoms with Crippen molar-refractivity contribution in [3.63, 3.8) is 0 Å². The first-order chi connectivity index (χ1) is 11.8. The van der Waals surface area contributed by atoms with Crippen LogP contribution in [0.15, 0.2) is 46.6 Å². The molecule has 5 heteroatoms. The zero-order chi connectivity index (χ0) is 18.8. The Morgan fingerprint density at radius 3 is 2.44 bits per heavy atom. The van der Waals surface area contributed by atoms with Gasteiger partial charge in [-0.05, 0) is 58.4 Å². The number of carbonyl (C=O) groups is 2. The molecule has 0 radical (unpaired) electrons. The Morgan fingerprint density at radius 1 is 1.20 bits per heavy atom. The highest BCUT2D eigenvalue weighted by Gasteiger charge is 2.28. The molecule has 1 aliphatic heterocycles. The Kier molecular flexibility index (Phi) is 9.10. The number of rotatable bonds is 10. The van der Waals surface area contributed by atoms with E-state index in [4.69, 9.17) is 0 Å². The Balaban J connectivity index is 2.46. The molecule has 0 saturated heterocycles. The molecule has 0 fully saturated rings. The highest BCUT2D eigenvalue weighted by molar-refractivity contribution is 5.85. The van der Waals surface area contributed by atoms with Gasteiger partial charge in [-0.15, -0.1) is 0 Å². The van der Waals surface area contributed by atoms with Gasteiger partial charge in [-0.1, -0.05) is 29.4 Å². The van der Waals surface area contributed by atoms with E-state index in [2.05, 4.69) is 37.7 Å². The number of ether oxygens (including phenoxy) is 1. The van der Waals surface area contributed by atoms with Crippen LogP contribution in [0.5, 0.6) is 0 Å². The van der Waals surface area contributed by atoms with Gasteiger partial charge in [0, 0.05) is 11.6 Å². The van der Waals surface area contributed by atoms with Gasteiger partial charge in [0.05, 0.1) is 6.10 Å². The van der Waals surface area contributed by atoms with Crippen molar-refractivity contribution in [2.75, 3.05) is 0 Å². The van der Waals surface area contributed by atoms with Crippen LogP contribution in [0.3, 0.4) is 0 Å². The molecule has 0 aromatic rings. The van der Waals surface area contributed by atoms with Crippen molar-refractivity contribution in [1.82, 2.24) is 0 Å². The van der Waals surface area contributed by atoms with E-state index < -0.39 is 18.4 Å². The van der Waals surface area contributed by atoms with Gasteiger partial charge in [0.2, 0.25) is 6.29 Å². The zero-order valence-corrected chi connectivity index (χ0v) is 15.2. The molecule has 2 atom stereocenters. The quantitative estimate of drug-likeness (QED) is 0.274. The summed E-state index contributed by atoms with van der Waals surface area (Å²) in [5, 5.41) is 19.5. The summed E-state index contributed by atoms with van der Waals surface area (Å²) in [6, 6.07) is 0. The number of aliphatic hydroxyl groups is 2. The lowest BCUT2D eigenvalue weighted by molar-refractivity contribution is -0.151. The first-order valence-corrected chi connectivity index (χ1v) is 8.55. The second-order valence-electron chi connectivity index (χ2n) is 6.49. The van der Waals surface area contributed by atoms with Crippen LogP contribution in [0, 0.1) is 0 Å². The maximum Gasteiger partial charge on any atom is 0.333 e. The van der Waals surface area contributed by atoms with Crippen LogP contribution in [-0.2, 0) is 14.3 Å².